The van der Waals surface area contributed by atoms with E-state index in [1.807, 2.05) is 19.9 Å². The lowest BCUT2D eigenvalue weighted by Crippen LogP contribution is -2.32. The highest BCUT2D eigenvalue weighted by molar-refractivity contribution is 7.90. The predicted molar refractivity (Wildman–Crippen MR) is 121 cm³/mol. The summed E-state index contributed by atoms with van der Waals surface area (Å²) in [5, 5.41) is 21.8. The van der Waals surface area contributed by atoms with Crippen LogP contribution < -0.4 is 4.72 Å². The average molecular weight is 462 g/mol. The number of aryl methyl sites for hydroxylation is 1. The van der Waals surface area contributed by atoms with Gasteiger partial charge in [-0.05, 0) is 62.8 Å². The van der Waals surface area contributed by atoms with Crippen molar-refractivity contribution in [2.75, 3.05) is 0 Å². The molecule has 32 heavy (non-hydrogen) atoms. The van der Waals surface area contributed by atoms with Crippen molar-refractivity contribution in [1.29, 1.82) is 0 Å². The van der Waals surface area contributed by atoms with Crippen LogP contribution in [0.2, 0.25) is 0 Å². The summed E-state index contributed by atoms with van der Waals surface area (Å²) in [6.07, 6.45) is 8.49. The fourth-order valence-corrected chi connectivity index (χ4v) is 5.61. The molecule has 0 aliphatic heterocycles. The molecule has 8 heteroatoms. The highest BCUT2D eigenvalue weighted by atomic mass is 32.2. The first-order chi connectivity index (χ1) is 15.2. The van der Waals surface area contributed by atoms with Gasteiger partial charge in [-0.2, -0.15) is 0 Å². The Hall–Kier alpha value is -2.74. The van der Waals surface area contributed by atoms with Gasteiger partial charge < -0.3 is 14.6 Å². The van der Waals surface area contributed by atoms with Gasteiger partial charge in [0.25, 0.3) is 10.0 Å². The molecular formula is C24H31NO6S. The molecule has 1 aliphatic rings. The van der Waals surface area contributed by atoms with Crippen LogP contribution in [0, 0.1) is 0 Å². The summed E-state index contributed by atoms with van der Waals surface area (Å²) in [5.41, 5.74) is 1.62. The van der Waals surface area contributed by atoms with E-state index in [0.717, 1.165) is 31.3 Å². The van der Waals surface area contributed by atoms with E-state index in [2.05, 4.69) is 4.72 Å². The number of amides is 1. The van der Waals surface area contributed by atoms with Crippen molar-refractivity contribution in [2.45, 2.75) is 76.0 Å². The van der Waals surface area contributed by atoms with Crippen LogP contribution in [0.5, 0.6) is 11.5 Å². The number of furan rings is 1. The minimum Gasteiger partial charge on any atom is -0.507 e. The van der Waals surface area contributed by atoms with Gasteiger partial charge in [0.05, 0.1) is 12.7 Å². The second kappa shape index (κ2) is 10.3. The van der Waals surface area contributed by atoms with E-state index in [4.69, 9.17) is 4.42 Å². The minimum absolute atomic E-state index is 0.120. The van der Waals surface area contributed by atoms with Crippen LogP contribution in [0.1, 0.15) is 75.2 Å². The lowest BCUT2D eigenvalue weighted by atomic mass is 9.84. The molecule has 174 valence electrons. The molecule has 0 spiro atoms. The van der Waals surface area contributed by atoms with E-state index >= 15 is 0 Å². The molecule has 1 aromatic heterocycles. The molecule has 0 radical (unpaired) electrons. The SMILES string of the molecule is CCCCCc1cc(O)c(C2C=C(C)CCC2)c(O)c1S(=O)(=O)NC(=O)Cc1ccco1. The molecule has 0 fully saturated rings. The molecule has 0 saturated carbocycles. The Kier molecular flexibility index (Phi) is 7.66. The minimum atomic E-state index is -4.38. The molecular weight excluding hydrogens is 430 g/mol. The Balaban J connectivity index is 2.02. The maximum atomic E-state index is 13.2. The van der Waals surface area contributed by atoms with E-state index in [0.29, 0.717) is 30.6 Å². The Morgan fingerprint density at radius 3 is 2.72 bits per heavy atom. The summed E-state index contributed by atoms with van der Waals surface area (Å²) in [6.45, 7) is 4.01. The molecule has 3 N–H and O–H groups in total. The van der Waals surface area contributed by atoms with E-state index in [1.165, 1.54) is 12.3 Å². The third kappa shape index (κ3) is 5.54. The normalized spacial score (nSPS) is 16.6. The van der Waals surface area contributed by atoms with Crippen LogP contribution in [0.4, 0.5) is 0 Å². The van der Waals surface area contributed by atoms with Gasteiger partial charge in [0.15, 0.2) is 0 Å². The van der Waals surface area contributed by atoms with Crippen molar-refractivity contribution >= 4 is 15.9 Å². The van der Waals surface area contributed by atoms with E-state index in [9.17, 15) is 23.4 Å². The largest absolute Gasteiger partial charge is 0.507 e. The van der Waals surface area contributed by atoms with Crippen molar-refractivity contribution in [3.05, 3.63) is 53.0 Å². The van der Waals surface area contributed by atoms with Gasteiger partial charge in [-0.1, -0.05) is 31.4 Å². The predicted octanol–water partition coefficient (Wildman–Crippen LogP) is 4.68. The second-order valence-corrected chi connectivity index (χ2v) is 10.0. The number of phenols is 2. The number of aromatic hydroxyl groups is 2. The molecule has 3 rings (SSSR count). The molecule has 0 bridgehead atoms. The monoisotopic (exact) mass is 461 g/mol. The van der Waals surface area contributed by atoms with Crippen molar-refractivity contribution in [3.63, 3.8) is 0 Å². The first kappa shape index (κ1) is 23.9. The molecule has 1 unspecified atom stereocenters. The maximum absolute atomic E-state index is 13.2. The van der Waals surface area contributed by atoms with Crippen molar-refractivity contribution in [1.82, 2.24) is 4.72 Å². The summed E-state index contributed by atoms with van der Waals surface area (Å²) in [6, 6.07) is 4.62. The fourth-order valence-electron chi connectivity index (χ4n) is 4.27. The van der Waals surface area contributed by atoms with Gasteiger partial charge in [-0.15, -0.1) is 0 Å². The molecule has 1 amide bonds. The first-order valence-electron chi connectivity index (χ1n) is 11.1. The van der Waals surface area contributed by atoms with Crippen LogP contribution in [0.15, 0.2) is 45.4 Å². The molecule has 7 nitrogen and oxygen atoms in total. The number of unbranched alkanes of at least 4 members (excludes halogenated alkanes) is 2. The highest BCUT2D eigenvalue weighted by Crippen LogP contribution is 2.45. The number of hydrogen-bond acceptors (Lipinski definition) is 6. The summed E-state index contributed by atoms with van der Waals surface area (Å²) >= 11 is 0. The third-order valence-corrected chi connectivity index (χ3v) is 7.26. The highest BCUT2D eigenvalue weighted by Gasteiger charge is 2.31. The maximum Gasteiger partial charge on any atom is 0.268 e. The third-order valence-electron chi connectivity index (χ3n) is 5.77. The summed E-state index contributed by atoms with van der Waals surface area (Å²) in [5.74, 6) is -1.32. The van der Waals surface area contributed by atoms with Gasteiger partial charge in [0.2, 0.25) is 5.91 Å². The molecule has 1 aromatic carbocycles. The standard InChI is InChI=1S/C24H31NO6S/c1-3-4-5-9-18-14-20(26)22(17-10-6-8-16(2)13-17)23(28)24(18)32(29,30)25-21(27)15-19-11-7-12-31-19/h7,11-14,17,26,28H,3-6,8-10,15H2,1-2H3,(H,25,27). The molecule has 1 heterocycles. The molecule has 1 atom stereocenters. The molecule has 1 aliphatic carbocycles. The number of carbonyl (C=O) groups excluding carboxylic acids is 1. The lowest BCUT2D eigenvalue weighted by Gasteiger charge is -2.24. The van der Waals surface area contributed by atoms with Gasteiger partial charge in [0.1, 0.15) is 22.2 Å². The zero-order valence-corrected chi connectivity index (χ0v) is 19.4. The lowest BCUT2D eigenvalue weighted by molar-refractivity contribution is -0.118. The summed E-state index contributed by atoms with van der Waals surface area (Å²) in [7, 11) is -4.38. The second-order valence-electron chi connectivity index (χ2n) is 8.40. The molecule has 2 aromatic rings. The van der Waals surface area contributed by atoms with Crippen molar-refractivity contribution in [2.24, 2.45) is 0 Å². The number of allylic oxidation sites excluding steroid dienone is 2. The Bertz CT molecular complexity index is 1090. The topological polar surface area (TPSA) is 117 Å². The number of hydrogen-bond donors (Lipinski definition) is 3. The van der Waals surface area contributed by atoms with Crippen LogP contribution in [-0.2, 0) is 27.7 Å². The van der Waals surface area contributed by atoms with Gasteiger partial charge in [-0.25, -0.2) is 13.1 Å². The smallest absolute Gasteiger partial charge is 0.268 e. The summed E-state index contributed by atoms with van der Waals surface area (Å²) < 4.78 is 33.6. The van der Waals surface area contributed by atoms with E-state index in [1.54, 1.807) is 12.1 Å². The van der Waals surface area contributed by atoms with Crippen LogP contribution in [0.25, 0.3) is 0 Å². The summed E-state index contributed by atoms with van der Waals surface area (Å²) in [4.78, 5) is 12.1. The van der Waals surface area contributed by atoms with E-state index < -0.39 is 21.7 Å². The molecule has 0 saturated heterocycles. The number of nitrogens with one attached hydrogen (secondary N) is 1. The number of sulfonamides is 1. The first-order valence-corrected chi connectivity index (χ1v) is 12.5. The van der Waals surface area contributed by atoms with Crippen LogP contribution >= 0.6 is 0 Å². The van der Waals surface area contributed by atoms with Crippen molar-refractivity contribution < 1.29 is 27.8 Å². The van der Waals surface area contributed by atoms with Crippen molar-refractivity contribution in [3.8, 4) is 11.5 Å². The zero-order chi connectivity index (χ0) is 23.3. The zero-order valence-electron chi connectivity index (χ0n) is 18.6. The Morgan fingerprint density at radius 2 is 2.06 bits per heavy atom. The van der Waals surface area contributed by atoms with Crippen LogP contribution in [0.3, 0.4) is 0 Å². The fraction of sp³-hybridized carbons (Fsp3) is 0.458. The Morgan fingerprint density at radius 1 is 1.28 bits per heavy atom. The quantitative estimate of drug-likeness (QED) is 0.369. The number of phenolic OH excluding ortho intramolecular Hbond substituents is 2. The average Bonchev–Trinajstić information content (AvgIpc) is 3.20. The number of carbonyl (C=O) groups is 1. The number of rotatable bonds is 9. The van der Waals surface area contributed by atoms with Gasteiger partial charge >= 0.3 is 0 Å². The Labute approximate surface area is 189 Å². The van der Waals surface area contributed by atoms with Gasteiger partial charge in [0, 0.05) is 11.5 Å². The van der Waals surface area contributed by atoms with Crippen LogP contribution in [-0.4, -0.2) is 24.5 Å². The van der Waals surface area contributed by atoms with Gasteiger partial charge in [-0.3, -0.25) is 4.79 Å². The number of benzene rings is 1. The van der Waals surface area contributed by atoms with E-state index in [-0.39, 0.29) is 28.5 Å².